The molecule has 6 rings (SSSR count). The van der Waals surface area contributed by atoms with E-state index < -0.39 is 11.6 Å². The van der Waals surface area contributed by atoms with Crippen LogP contribution in [0.5, 0.6) is 5.75 Å². The molecular weight excluding hydrogens is 445 g/mol. The summed E-state index contributed by atoms with van der Waals surface area (Å²) in [6.07, 6.45) is 5.16. The van der Waals surface area contributed by atoms with Gasteiger partial charge in [0.2, 0.25) is 0 Å². The van der Waals surface area contributed by atoms with Gasteiger partial charge in [-0.25, -0.2) is 19.0 Å². The third-order valence-corrected chi connectivity index (χ3v) is 6.17. The largest absolute Gasteiger partial charge is 0.505 e. The van der Waals surface area contributed by atoms with Crippen LogP contribution in [0.25, 0.3) is 39.2 Å². The van der Waals surface area contributed by atoms with Crippen molar-refractivity contribution in [2.75, 3.05) is 5.73 Å². The Bertz CT molecular complexity index is 1710. The van der Waals surface area contributed by atoms with E-state index in [-0.39, 0.29) is 11.9 Å². The van der Waals surface area contributed by atoms with Crippen molar-refractivity contribution in [3.8, 4) is 28.4 Å². The molecule has 0 bridgehead atoms. The number of pyridine rings is 2. The maximum atomic E-state index is 13.7. The highest BCUT2D eigenvalue weighted by molar-refractivity contribution is 5.98. The van der Waals surface area contributed by atoms with Crippen molar-refractivity contribution in [2.45, 2.75) is 13.0 Å². The number of fused-ring (bicyclic) bond motifs is 2. The average molecular weight is 465 g/mol. The minimum absolute atomic E-state index is 0.249. The molecule has 0 saturated carbocycles. The van der Waals surface area contributed by atoms with E-state index in [2.05, 4.69) is 25.4 Å². The standard InChI is InChI=1S/C26H20FN7O/c1-15(18-13-17-6-3-5-11-33(17)24(18)20-7-2-4-10-29-20)34-26-22(25(28)30-14-31-26)23(32-34)16-8-9-19(27)21(35)12-16/h2-15,35H,1H3,(H2,28,30,31). The smallest absolute Gasteiger partial charge is 0.164 e. The second kappa shape index (κ2) is 7.91. The molecule has 0 aliphatic carbocycles. The van der Waals surface area contributed by atoms with Gasteiger partial charge in [0.15, 0.2) is 17.2 Å². The second-order valence-corrected chi connectivity index (χ2v) is 8.25. The van der Waals surface area contributed by atoms with Crippen molar-refractivity contribution < 1.29 is 9.50 Å². The van der Waals surface area contributed by atoms with Gasteiger partial charge in [-0.15, -0.1) is 0 Å². The zero-order chi connectivity index (χ0) is 24.1. The van der Waals surface area contributed by atoms with Gasteiger partial charge in [0.25, 0.3) is 0 Å². The summed E-state index contributed by atoms with van der Waals surface area (Å²) in [7, 11) is 0. The zero-order valence-corrected chi connectivity index (χ0v) is 18.7. The molecule has 0 aliphatic rings. The number of nitrogens with zero attached hydrogens (tertiary/aromatic N) is 6. The van der Waals surface area contributed by atoms with Crippen molar-refractivity contribution in [2.24, 2.45) is 0 Å². The molecule has 9 heteroatoms. The molecule has 8 nitrogen and oxygen atoms in total. The molecule has 5 heterocycles. The summed E-state index contributed by atoms with van der Waals surface area (Å²) in [5.41, 5.74) is 11.5. The molecule has 1 aromatic carbocycles. The van der Waals surface area contributed by atoms with Crippen molar-refractivity contribution >= 4 is 22.4 Å². The molecule has 1 unspecified atom stereocenters. The van der Waals surface area contributed by atoms with Crippen LogP contribution in [0.15, 0.2) is 79.4 Å². The fourth-order valence-electron chi connectivity index (χ4n) is 4.50. The Morgan fingerprint density at radius 1 is 1.00 bits per heavy atom. The van der Waals surface area contributed by atoms with Crippen LogP contribution in [0.2, 0.25) is 0 Å². The van der Waals surface area contributed by atoms with Crippen LogP contribution in [0.1, 0.15) is 18.5 Å². The topological polar surface area (TPSA) is 107 Å². The third kappa shape index (κ3) is 3.28. The molecule has 0 amide bonds. The normalized spacial score (nSPS) is 12.4. The quantitative estimate of drug-likeness (QED) is 0.386. The predicted octanol–water partition coefficient (Wildman–Crippen LogP) is 4.84. The summed E-state index contributed by atoms with van der Waals surface area (Å²) in [5.74, 6) is -0.931. The lowest BCUT2D eigenvalue weighted by Crippen LogP contribution is -2.10. The van der Waals surface area contributed by atoms with Gasteiger partial charge in [0.1, 0.15) is 17.8 Å². The first-order valence-electron chi connectivity index (χ1n) is 11.0. The first kappa shape index (κ1) is 20.8. The van der Waals surface area contributed by atoms with Crippen LogP contribution >= 0.6 is 0 Å². The first-order chi connectivity index (χ1) is 17.0. The summed E-state index contributed by atoms with van der Waals surface area (Å²) in [6.45, 7) is 2.03. The van der Waals surface area contributed by atoms with Crippen LogP contribution in [0.3, 0.4) is 0 Å². The number of hydrogen-bond donors (Lipinski definition) is 2. The monoisotopic (exact) mass is 465 g/mol. The van der Waals surface area contributed by atoms with Crippen LogP contribution in [0.4, 0.5) is 10.2 Å². The lowest BCUT2D eigenvalue weighted by Gasteiger charge is -2.15. The number of benzene rings is 1. The predicted molar refractivity (Wildman–Crippen MR) is 131 cm³/mol. The van der Waals surface area contributed by atoms with E-state index in [4.69, 9.17) is 10.8 Å². The first-order valence-corrected chi connectivity index (χ1v) is 11.0. The highest BCUT2D eigenvalue weighted by atomic mass is 19.1. The Balaban J connectivity index is 1.60. The molecule has 172 valence electrons. The summed E-state index contributed by atoms with van der Waals surface area (Å²) < 4.78 is 17.6. The van der Waals surface area contributed by atoms with E-state index >= 15 is 0 Å². The summed E-state index contributed by atoms with van der Waals surface area (Å²) in [6, 6.07) is 17.7. The van der Waals surface area contributed by atoms with E-state index in [0.717, 1.165) is 22.5 Å². The van der Waals surface area contributed by atoms with Gasteiger partial charge in [-0.2, -0.15) is 5.10 Å². The van der Waals surface area contributed by atoms with Gasteiger partial charge < -0.3 is 15.2 Å². The Kier molecular flexibility index (Phi) is 4.70. The van der Waals surface area contributed by atoms with Crippen LogP contribution < -0.4 is 5.73 Å². The molecule has 0 fully saturated rings. The van der Waals surface area contributed by atoms with Crippen LogP contribution in [0, 0.1) is 5.82 Å². The lowest BCUT2D eigenvalue weighted by molar-refractivity contribution is 0.432. The number of nitrogens with two attached hydrogens (primary N) is 1. The molecule has 5 aromatic heterocycles. The number of hydrogen-bond acceptors (Lipinski definition) is 6. The van der Waals surface area contributed by atoms with Crippen molar-refractivity contribution in [1.82, 2.24) is 29.1 Å². The van der Waals surface area contributed by atoms with E-state index in [1.807, 2.05) is 49.5 Å². The second-order valence-electron chi connectivity index (χ2n) is 8.25. The van der Waals surface area contributed by atoms with E-state index in [1.54, 1.807) is 16.9 Å². The third-order valence-electron chi connectivity index (χ3n) is 6.17. The van der Waals surface area contributed by atoms with Crippen LogP contribution in [-0.2, 0) is 0 Å². The SMILES string of the molecule is CC(c1cc2ccccn2c1-c1ccccn1)n1nc(-c2ccc(F)c(O)c2)c2c(N)ncnc21. The molecule has 0 spiro atoms. The molecule has 0 aliphatic heterocycles. The Hall–Kier alpha value is -4.79. The number of anilines is 1. The Labute approximate surface area is 199 Å². The Morgan fingerprint density at radius 3 is 2.66 bits per heavy atom. The van der Waals surface area contributed by atoms with Gasteiger partial charge >= 0.3 is 0 Å². The number of rotatable bonds is 4. The maximum absolute atomic E-state index is 13.7. The van der Waals surface area contributed by atoms with E-state index in [1.165, 1.54) is 18.5 Å². The minimum Gasteiger partial charge on any atom is -0.505 e. The number of nitrogen functional groups attached to an aromatic ring is 1. The molecule has 3 N–H and O–H groups in total. The molecule has 1 atom stereocenters. The Morgan fingerprint density at radius 2 is 1.86 bits per heavy atom. The molecule has 0 saturated heterocycles. The number of phenols is 1. The minimum atomic E-state index is -0.712. The zero-order valence-electron chi connectivity index (χ0n) is 18.7. The van der Waals surface area contributed by atoms with E-state index in [9.17, 15) is 9.50 Å². The van der Waals surface area contributed by atoms with Gasteiger partial charge in [0.05, 0.1) is 22.8 Å². The summed E-state index contributed by atoms with van der Waals surface area (Å²) in [4.78, 5) is 13.2. The summed E-state index contributed by atoms with van der Waals surface area (Å²) >= 11 is 0. The maximum Gasteiger partial charge on any atom is 0.164 e. The number of phenolic OH excluding ortho intramolecular Hbond substituents is 1. The van der Waals surface area contributed by atoms with Crippen molar-refractivity contribution in [1.29, 1.82) is 0 Å². The van der Waals surface area contributed by atoms with Gasteiger partial charge in [-0.05, 0) is 55.5 Å². The molecule has 35 heavy (non-hydrogen) atoms. The van der Waals surface area contributed by atoms with Gasteiger partial charge in [-0.1, -0.05) is 12.1 Å². The highest BCUT2D eigenvalue weighted by Gasteiger charge is 2.25. The molecule has 0 radical (unpaired) electrons. The van der Waals surface area contributed by atoms with Crippen LogP contribution in [-0.4, -0.2) is 34.2 Å². The lowest BCUT2D eigenvalue weighted by atomic mass is 10.1. The number of aromatic hydroxyl groups is 1. The number of halogens is 1. The molecular formula is C26H20FN7O. The van der Waals surface area contributed by atoms with E-state index in [0.29, 0.717) is 22.3 Å². The van der Waals surface area contributed by atoms with Gasteiger partial charge in [-0.3, -0.25) is 4.98 Å². The summed E-state index contributed by atoms with van der Waals surface area (Å²) in [5, 5.41) is 15.3. The van der Waals surface area contributed by atoms with Crippen molar-refractivity contribution in [3.05, 3.63) is 90.8 Å². The highest BCUT2D eigenvalue weighted by Crippen LogP contribution is 2.37. The van der Waals surface area contributed by atoms with Crippen molar-refractivity contribution in [3.63, 3.8) is 0 Å². The molecule has 6 aromatic rings. The average Bonchev–Trinajstić information content (AvgIpc) is 3.46. The fraction of sp³-hybridized carbons (Fsp3) is 0.0769. The van der Waals surface area contributed by atoms with Gasteiger partial charge in [0, 0.05) is 29.0 Å². The fourth-order valence-corrected chi connectivity index (χ4v) is 4.50. The number of aromatic nitrogens is 6.